The molecule has 20 heavy (non-hydrogen) atoms. The Hall–Kier alpha value is -0.770. The molecule has 0 amide bonds. The van der Waals surface area contributed by atoms with E-state index in [1.54, 1.807) is 0 Å². The van der Waals surface area contributed by atoms with Crippen LogP contribution in [0.25, 0.3) is 0 Å². The van der Waals surface area contributed by atoms with Gasteiger partial charge in [0.15, 0.2) is 0 Å². The number of nitrogens with zero attached hydrogens (tertiary/aromatic N) is 1. The van der Waals surface area contributed by atoms with Crippen molar-refractivity contribution in [1.29, 1.82) is 0 Å². The molecule has 1 saturated carbocycles. The fourth-order valence-corrected chi connectivity index (χ4v) is 4.05. The summed E-state index contributed by atoms with van der Waals surface area (Å²) in [4.78, 5) is 2.33. The van der Waals surface area contributed by atoms with Crippen molar-refractivity contribution in [2.75, 3.05) is 18.0 Å². The van der Waals surface area contributed by atoms with E-state index in [0.29, 0.717) is 12.5 Å². The maximum absolute atomic E-state index is 10.7. The number of hydrogen-bond acceptors (Lipinski definition) is 3. The first-order valence-electron chi connectivity index (χ1n) is 7.58. The summed E-state index contributed by atoms with van der Waals surface area (Å²) in [7, 11) is 0. The van der Waals surface area contributed by atoms with E-state index in [1.165, 1.54) is 12.8 Å². The first-order chi connectivity index (χ1) is 9.62. The average molecular weight is 295 g/mol. The number of benzene rings is 1. The molecular formula is C16H23ClN2O. The minimum absolute atomic E-state index is 0.384. The zero-order valence-corrected chi connectivity index (χ0v) is 12.6. The Morgan fingerprint density at radius 2 is 2.20 bits per heavy atom. The molecular weight excluding hydrogens is 272 g/mol. The van der Waals surface area contributed by atoms with Crippen LogP contribution < -0.4 is 10.6 Å². The number of rotatable bonds is 2. The van der Waals surface area contributed by atoms with Gasteiger partial charge >= 0.3 is 0 Å². The molecule has 2 fully saturated rings. The van der Waals surface area contributed by atoms with E-state index in [0.717, 1.165) is 48.6 Å². The van der Waals surface area contributed by atoms with E-state index in [-0.39, 0.29) is 0 Å². The molecule has 0 radical (unpaired) electrons. The summed E-state index contributed by atoms with van der Waals surface area (Å²) < 4.78 is 0. The summed E-state index contributed by atoms with van der Waals surface area (Å²) in [6.07, 6.45) is 5.35. The lowest BCUT2D eigenvalue weighted by Gasteiger charge is -2.48. The predicted octanol–water partition coefficient (Wildman–Crippen LogP) is 2.93. The number of fused-ring (bicyclic) bond motifs is 1. The predicted molar refractivity (Wildman–Crippen MR) is 83.1 cm³/mol. The molecule has 1 aliphatic carbocycles. The van der Waals surface area contributed by atoms with Gasteiger partial charge in [0.1, 0.15) is 0 Å². The number of hydrogen-bond donors (Lipinski definition) is 2. The topological polar surface area (TPSA) is 49.5 Å². The van der Waals surface area contributed by atoms with Gasteiger partial charge in [0.05, 0.1) is 16.3 Å². The summed E-state index contributed by atoms with van der Waals surface area (Å²) in [6.45, 7) is 2.31. The highest BCUT2D eigenvalue weighted by atomic mass is 35.5. The zero-order chi connectivity index (χ0) is 14.2. The van der Waals surface area contributed by atoms with Crippen molar-refractivity contribution >= 4 is 17.3 Å². The average Bonchev–Trinajstić information content (AvgIpc) is 2.46. The van der Waals surface area contributed by atoms with Gasteiger partial charge in [0.25, 0.3) is 0 Å². The second kappa shape index (κ2) is 5.55. The minimum Gasteiger partial charge on any atom is -0.389 e. The molecule has 1 saturated heterocycles. The van der Waals surface area contributed by atoms with Crippen molar-refractivity contribution in [3.05, 3.63) is 28.8 Å². The molecule has 0 spiro atoms. The molecule has 3 nitrogen and oxygen atoms in total. The molecule has 1 heterocycles. The lowest BCUT2D eigenvalue weighted by molar-refractivity contribution is -0.0612. The fraction of sp³-hybridized carbons (Fsp3) is 0.625. The van der Waals surface area contributed by atoms with E-state index in [4.69, 9.17) is 17.3 Å². The van der Waals surface area contributed by atoms with Gasteiger partial charge in [-0.1, -0.05) is 30.5 Å². The third kappa shape index (κ3) is 2.54. The summed E-state index contributed by atoms with van der Waals surface area (Å²) in [5, 5.41) is 11.5. The molecule has 0 bridgehead atoms. The van der Waals surface area contributed by atoms with Crippen LogP contribution in [0.1, 0.15) is 37.7 Å². The van der Waals surface area contributed by atoms with Gasteiger partial charge in [-0.15, -0.1) is 0 Å². The van der Waals surface area contributed by atoms with Crippen molar-refractivity contribution in [2.45, 2.75) is 44.2 Å². The van der Waals surface area contributed by atoms with Crippen LogP contribution in [0.5, 0.6) is 0 Å². The van der Waals surface area contributed by atoms with Crippen LogP contribution in [-0.2, 0) is 6.54 Å². The second-order valence-corrected chi connectivity index (χ2v) is 6.64. The van der Waals surface area contributed by atoms with E-state index in [2.05, 4.69) is 11.0 Å². The Labute approximate surface area is 125 Å². The highest BCUT2D eigenvalue weighted by molar-refractivity contribution is 6.33. The normalized spacial score (nSPS) is 30.1. The molecule has 2 atom stereocenters. The third-order valence-electron chi connectivity index (χ3n) is 5.02. The van der Waals surface area contributed by atoms with Gasteiger partial charge in [-0.2, -0.15) is 0 Å². The monoisotopic (exact) mass is 294 g/mol. The van der Waals surface area contributed by atoms with E-state index < -0.39 is 5.60 Å². The van der Waals surface area contributed by atoms with Gasteiger partial charge in [-0.25, -0.2) is 0 Å². The highest BCUT2D eigenvalue weighted by Gasteiger charge is 2.42. The maximum atomic E-state index is 10.7. The van der Waals surface area contributed by atoms with Gasteiger partial charge in [0.2, 0.25) is 0 Å². The summed E-state index contributed by atoms with van der Waals surface area (Å²) >= 11 is 6.39. The van der Waals surface area contributed by atoms with Gasteiger partial charge < -0.3 is 15.7 Å². The van der Waals surface area contributed by atoms with Crippen molar-refractivity contribution in [3.8, 4) is 0 Å². The standard InChI is InChI=1S/C16H23ClN2O/c17-14-9-12(10-18)4-5-15(14)19-8-7-16(20)6-2-1-3-13(16)11-19/h4-5,9,13,20H,1-3,6-8,10-11,18H2. The Kier molecular flexibility index (Phi) is 3.93. The highest BCUT2D eigenvalue weighted by Crippen LogP contribution is 2.42. The molecule has 110 valence electrons. The number of aliphatic hydroxyl groups is 1. The van der Waals surface area contributed by atoms with E-state index in [9.17, 15) is 5.11 Å². The molecule has 0 aromatic heterocycles. The molecule has 2 aliphatic rings. The first-order valence-corrected chi connectivity index (χ1v) is 7.96. The van der Waals surface area contributed by atoms with Crippen molar-refractivity contribution < 1.29 is 5.11 Å². The molecule has 3 rings (SSSR count). The lowest BCUT2D eigenvalue weighted by atomic mass is 9.71. The largest absolute Gasteiger partial charge is 0.389 e. The van der Waals surface area contributed by atoms with Crippen LogP contribution in [0.4, 0.5) is 5.69 Å². The first kappa shape index (κ1) is 14.2. The maximum Gasteiger partial charge on any atom is 0.0709 e. The van der Waals surface area contributed by atoms with Crippen molar-refractivity contribution in [1.82, 2.24) is 0 Å². The number of nitrogens with two attached hydrogens (primary N) is 1. The minimum atomic E-state index is -0.432. The van der Waals surface area contributed by atoms with Crippen LogP contribution in [0.3, 0.4) is 0 Å². The Morgan fingerprint density at radius 1 is 1.35 bits per heavy atom. The van der Waals surface area contributed by atoms with Gasteiger partial charge in [-0.05, 0) is 37.0 Å². The van der Waals surface area contributed by atoms with Crippen LogP contribution in [0.2, 0.25) is 5.02 Å². The number of piperidine rings is 1. The summed E-state index contributed by atoms with van der Waals surface area (Å²) in [5.41, 5.74) is 7.35. The summed E-state index contributed by atoms with van der Waals surface area (Å²) in [6, 6.07) is 6.07. The van der Waals surface area contributed by atoms with Gasteiger partial charge in [0, 0.05) is 25.6 Å². The number of halogens is 1. The van der Waals surface area contributed by atoms with Gasteiger partial charge in [-0.3, -0.25) is 0 Å². The molecule has 1 aliphatic heterocycles. The SMILES string of the molecule is NCc1ccc(N2CCC3(O)CCCCC3C2)c(Cl)c1. The zero-order valence-electron chi connectivity index (χ0n) is 11.8. The number of anilines is 1. The Morgan fingerprint density at radius 3 is 2.95 bits per heavy atom. The molecule has 4 heteroatoms. The molecule has 1 aromatic carbocycles. The molecule has 2 unspecified atom stereocenters. The van der Waals surface area contributed by atoms with Crippen molar-refractivity contribution in [3.63, 3.8) is 0 Å². The second-order valence-electron chi connectivity index (χ2n) is 6.23. The lowest BCUT2D eigenvalue weighted by Crippen LogP contribution is -2.53. The molecule has 3 N–H and O–H groups in total. The van der Waals surface area contributed by atoms with Crippen LogP contribution in [-0.4, -0.2) is 23.8 Å². The van der Waals surface area contributed by atoms with Crippen LogP contribution in [0.15, 0.2) is 18.2 Å². The molecule has 1 aromatic rings. The summed E-state index contributed by atoms with van der Waals surface area (Å²) in [5.74, 6) is 0.384. The van der Waals surface area contributed by atoms with Crippen LogP contribution >= 0.6 is 11.6 Å². The smallest absolute Gasteiger partial charge is 0.0709 e. The quantitative estimate of drug-likeness (QED) is 0.882. The van der Waals surface area contributed by atoms with E-state index >= 15 is 0 Å². The van der Waals surface area contributed by atoms with Crippen LogP contribution in [0, 0.1) is 5.92 Å². The van der Waals surface area contributed by atoms with Crippen molar-refractivity contribution in [2.24, 2.45) is 11.7 Å². The third-order valence-corrected chi connectivity index (χ3v) is 5.32. The van der Waals surface area contributed by atoms with E-state index in [1.807, 2.05) is 12.1 Å². The fourth-order valence-electron chi connectivity index (χ4n) is 3.72. The Bertz CT molecular complexity index is 493. The Balaban J connectivity index is 1.79.